The Kier molecular flexibility index (Phi) is 6.18. The van der Waals surface area contributed by atoms with Gasteiger partial charge in [0.05, 0.1) is 19.2 Å². The Morgan fingerprint density at radius 3 is 2.85 bits per heavy atom. The van der Waals surface area contributed by atoms with Gasteiger partial charge in [-0.1, -0.05) is 6.08 Å². The molecule has 0 aliphatic heterocycles. The lowest BCUT2D eigenvalue weighted by atomic mass is 10.3. The first-order valence-corrected chi connectivity index (χ1v) is 4.31. The summed E-state index contributed by atoms with van der Waals surface area (Å²) in [5, 5.41) is 11.7. The van der Waals surface area contributed by atoms with Crippen LogP contribution >= 0.6 is 0 Å². The Morgan fingerprint density at radius 2 is 2.38 bits per heavy atom. The summed E-state index contributed by atoms with van der Waals surface area (Å²) in [5.41, 5.74) is 0. The van der Waals surface area contributed by atoms with E-state index in [9.17, 15) is 4.79 Å². The number of nitrogens with zero attached hydrogens (tertiary/aromatic N) is 1. The molecule has 1 unspecified atom stereocenters. The van der Waals surface area contributed by atoms with Crippen LogP contribution in [0.25, 0.3) is 0 Å². The summed E-state index contributed by atoms with van der Waals surface area (Å²) >= 11 is 0. The van der Waals surface area contributed by atoms with Crippen molar-refractivity contribution in [2.45, 2.75) is 13.0 Å². The third-order valence-corrected chi connectivity index (χ3v) is 1.88. The maximum absolute atomic E-state index is 11.3. The van der Waals surface area contributed by atoms with Gasteiger partial charge in [0.25, 0.3) is 0 Å². The smallest absolute Gasteiger partial charge is 0.236 e. The van der Waals surface area contributed by atoms with Gasteiger partial charge in [-0.3, -0.25) is 4.79 Å². The standard InChI is InChI=1S/C9H18N2O2/c1-4-5-10-6-9(13)11(3)8(2)7-12/h4,8,10,12H,1,5-7H2,2-3H3. The van der Waals surface area contributed by atoms with E-state index in [0.29, 0.717) is 6.54 Å². The van der Waals surface area contributed by atoms with Crippen molar-refractivity contribution in [1.29, 1.82) is 0 Å². The highest BCUT2D eigenvalue weighted by Gasteiger charge is 2.13. The minimum atomic E-state index is -0.127. The summed E-state index contributed by atoms with van der Waals surface area (Å²) in [5.74, 6) is -0.0246. The number of amides is 1. The number of aliphatic hydroxyl groups is 1. The summed E-state index contributed by atoms with van der Waals surface area (Å²) in [4.78, 5) is 12.9. The van der Waals surface area contributed by atoms with Crippen LogP contribution in [0.4, 0.5) is 0 Å². The monoisotopic (exact) mass is 186 g/mol. The Labute approximate surface area is 79.2 Å². The zero-order valence-electron chi connectivity index (χ0n) is 8.29. The molecule has 1 atom stereocenters. The van der Waals surface area contributed by atoms with E-state index in [-0.39, 0.29) is 25.1 Å². The number of rotatable bonds is 6. The second kappa shape index (κ2) is 6.62. The molecule has 0 saturated carbocycles. The third-order valence-electron chi connectivity index (χ3n) is 1.88. The van der Waals surface area contributed by atoms with Crippen molar-refractivity contribution in [2.24, 2.45) is 0 Å². The molecular formula is C9H18N2O2. The summed E-state index contributed by atoms with van der Waals surface area (Å²) < 4.78 is 0. The van der Waals surface area contributed by atoms with E-state index in [1.807, 2.05) is 0 Å². The Bertz CT molecular complexity index is 171. The highest BCUT2D eigenvalue weighted by Crippen LogP contribution is 1.93. The molecular weight excluding hydrogens is 168 g/mol. The van der Waals surface area contributed by atoms with Crippen molar-refractivity contribution >= 4 is 5.91 Å². The summed E-state index contributed by atoms with van der Waals surface area (Å²) in [6.45, 7) is 6.22. The predicted octanol–water partition coefficient (Wildman–Crippen LogP) is -0.399. The number of carbonyl (C=O) groups excluding carboxylic acids is 1. The van der Waals surface area contributed by atoms with E-state index in [1.54, 1.807) is 20.0 Å². The molecule has 0 fully saturated rings. The molecule has 0 aliphatic carbocycles. The molecule has 2 N–H and O–H groups in total. The average Bonchev–Trinajstić information content (AvgIpc) is 2.15. The van der Waals surface area contributed by atoms with Crippen molar-refractivity contribution < 1.29 is 9.90 Å². The van der Waals surface area contributed by atoms with Crippen LogP contribution < -0.4 is 5.32 Å². The largest absolute Gasteiger partial charge is 0.394 e. The van der Waals surface area contributed by atoms with Crippen LogP contribution in [0.3, 0.4) is 0 Å². The molecule has 0 heterocycles. The molecule has 0 rings (SSSR count). The van der Waals surface area contributed by atoms with Crippen molar-refractivity contribution in [1.82, 2.24) is 10.2 Å². The molecule has 0 aromatic carbocycles. The van der Waals surface area contributed by atoms with Gasteiger partial charge in [-0.25, -0.2) is 0 Å². The normalized spacial score (nSPS) is 12.2. The van der Waals surface area contributed by atoms with Crippen molar-refractivity contribution in [3.05, 3.63) is 12.7 Å². The molecule has 0 aromatic rings. The predicted molar refractivity (Wildman–Crippen MR) is 52.4 cm³/mol. The van der Waals surface area contributed by atoms with Crippen LogP contribution in [-0.4, -0.2) is 48.7 Å². The Balaban J connectivity index is 3.75. The van der Waals surface area contributed by atoms with Gasteiger partial charge in [-0.2, -0.15) is 0 Å². The summed E-state index contributed by atoms with van der Waals surface area (Å²) in [6.07, 6.45) is 1.70. The fourth-order valence-electron chi connectivity index (χ4n) is 0.774. The van der Waals surface area contributed by atoms with Crippen LogP contribution in [0.15, 0.2) is 12.7 Å². The lowest BCUT2D eigenvalue weighted by Gasteiger charge is -2.23. The fraction of sp³-hybridized carbons (Fsp3) is 0.667. The first-order valence-electron chi connectivity index (χ1n) is 4.31. The number of hydrogen-bond acceptors (Lipinski definition) is 3. The van der Waals surface area contributed by atoms with Gasteiger partial charge in [0.2, 0.25) is 5.91 Å². The second-order valence-corrected chi connectivity index (χ2v) is 2.96. The number of hydrogen-bond donors (Lipinski definition) is 2. The van der Waals surface area contributed by atoms with Crippen LogP contribution in [-0.2, 0) is 4.79 Å². The maximum Gasteiger partial charge on any atom is 0.236 e. The molecule has 0 radical (unpaired) electrons. The first kappa shape index (κ1) is 12.1. The number of nitrogens with one attached hydrogen (secondary N) is 1. The summed E-state index contributed by atoms with van der Waals surface area (Å²) in [7, 11) is 1.68. The molecule has 1 amide bonds. The van der Waals surface area contributed by atoms with Crippen LogP contribution in [0.5, 0.6) is 0 Å². The molecule has 76 valence electrons. The zero-order chi connectivity index (χ0) is 10.3. The number of aliphatic hydroxyl groups excluding tert-OH is 1. The minimum Gasteiger partial charge on any atom is -0.394 e. The van der Waals surface area contributed by atoms with Gasteiger partial charge in [0.1, 0.15) is 0 Å². The van der Waals surface area contributed by atoms with Crippen LogP contribution in [0, 0.1) is 0 Å². The number of likely N-dealkylation sites (N-methyl/N-ethyl adjacent to an activating group) is 1. The highest BCUT2D eigenvalue weighted by atomic mass is 16.3. The lowest BCUT2D eigenvalue weighted by molar-refractivity contribution is -0.131. The van der Waals surface area contributed by atoms with Gasteiger partial charge in [-0.15, -0.1) is 6.58 Å². The van der Waals surface area contributed by atoms with E-state index in [0.717, 1.165) is 0 Å². The maximum atomic E-state index is 11.3. The van der Waals surface area contributed by atoms with E-state index in [4.69, 9.17) is 5.11 Å². The minimum absolute atomic E-state index is 0.0102. The quantitative estimate of drug-likeness (QED) is 0.438. The van der Waals surface area contributed by atoms with Gasteiger partial charge >= 0.3 is 0 Å². The van der Waals surface area contributed by atoms with Gasteiger partial charge < -0.3 is 15.3 Å². The molecule has 13 heavy (non-hydrogen) atoms. The SMILES string of the molecule is C=CCNCC(=O)N(C)C(C)CO. The van der Waals surface area contributed by atoms with Crippen LogP contribution in [0.2, 0.25) is 0 Å². The van der Waals surface area contributed by atoms with Crippen molar-refractivity contribution in [3.8, 4) is 0 Å². The topological polar surface area (TPSA) is 52.6 Å². The molecule has 4 nitrogen and oxygen atoms in total. The summed E-state index contributed by atoms with van der Waals surface area (Å²) in [6, 6.07) is -0.127. The second-order valence-electron chi connectivity index (χ2n) is 2.96. The van der Waals surface area contributed by atoms with E-state index >= 15 is 0 Å². The van der Waals surface area contributed by atoms with E-state index in [1.165, 1.54) is 4.90 Å². The lowest BCUT2D eigenvalue weighted by Crippen LogP contribution is -2.42. The van der Waals surface area contributed by atoms with Gasteiger partial charge in [-0.05, 0) is 6.92 Å². The molecule has 0 spiro atoms. The van der Waals surface area contributed by atoms with Crippen molar-refractivity contribution in [2.75, 3.05) is 26.7 Å². The van der Waals surface area contributed by atoms with E-state index < -0.39 is 0 Å². The Hall–Kier alpha value is -0.870. The van der Waals surface area contributed by atoms with E-state index in [2.05, 4.69) is 11.9 Å². The number of carbonyl (C=O) groups is 1. The molecule has 0 saturated heterocycles. The molecule has 0 aromatic heterocycles. The molecule has 4 heteroatoms. The van der Waals surface area contributed by atoms with Gasteiger partial charge in [0.15, 0.2) is 0 Å². The highest BCUT2D eigenvalue weighted by molar-refractivity contribution is 5.78. The van der Waals surface area contributed by atoms with Gasteiger partial charge in [0, 0.05) is 13.6 Å². The van der Waals surface area contributed by atoms with Crippen molar-refractivity contribution in [3.63, 3.8) is 0 Å². The molecule has 0 aliphatic rings. The molecule has 0 bridgehead atoms. The zero-order valence-corrected chi connectivity index (χ0v) is 8.29. The fourth-order valence-corrected chi connectivity index (χ4v) is 0.774. The third kappa shape index (κ3) is 4.65. The average molecular weight is 186 g/mol. The Morgan fingerprint density at radius 1 is 1.77 bits per heavy atom. The first-order chi connectivity index (χ1) is 6.13. The van der Waals surface area contributed by atoms with Crippen LogP contribution in [0.1, 0.15) is 6.92 Å².